The van der Waals surface area contributed by atoms with Gasteiger partial charge in [-0.1, -0.05) is 91.0 Å². The van der Waals surface area contributed by atoms with Crippen LogP contribution in [0.1, 0.15) is 31.1 Å². The summed E-state index contributed by atoms with van der Waals surface area (Å²) >= 11 is 0. The number of benzene rings is 1. The van der Waals surface area contributed by atoms with Crippen LogP contribution in [0.4, 0.5) is 0 Å². The molecular weight excluding hydrogens is 600 g/mol. The van der Waals surface area contributed by atoms with Gasteiger partial charge in [0.15, 0.2) is 0 Å². The van der Waals surface area contributed by atoms with Crippen LogP contribution in [0, 0.1) is 0 Å². The van der Waals surface area contributed by atoms with Gasteiger partial charge in [-0.2, -0.15) is 0 Å². The third-order valence-corrected chi connectivity index (χ3v) is 8.80. The summed E-state index contributed by atoms with van der Waals surface area (Å²) in [5, 5.41) is 0. The molecule has 1 aromatic carbocycles. The van der Waals surface area contributed by atoms with E-state index in [4.69, 9.17) is 14.2 Å². The lowest BCUT2D eigenvalue weighted by molar-refractivity contribution is 0.0593. The number of rotatable bonds is 6. The summed E-state index contributed by atoms with van der Waals surface area (Å²) in [5.74, 6) is -1.28. The molecule has 6 heteroatoms. The maximum absolute atomic E-state index is 13.0. The Balaban J connectivity index is 1.56. The van der Waals surface area contributed by atoms with Crippen LogP contribution in [0.15, 0.2) is 127 Å². The first-order valence-corrected chi connectivity index (χ1v) is 15.4. The quantitative estimate of drug-likeness (QED) is 0.135. The van der Waals surface area contributed by atoms with Gasteiger partial charge >= 0.3 is 17.9 Å². The molecule has 0 N–H and O–H groups in total. The SMILES string of the molecule is COC(=O)c1cc(-c2cc(-c3cc(C(=O)OC)c4cccccc3-4)cc(-c3cc(C(=O)OC)c4cccccc3-4)c2)c2cccccc1-2. The van der Waals surface area contributed by atoms with Crippen LogP contribution in [0.25, 0.3) is 66.8 Å². The Hall–Kier alpha value is -6.27. The summed E-state index contributed by atoms with van der Waals surface area (Å²) in [6.07, 6.45) is 0. The molecule has 0 bridgehead atoms. The van der Waals surface area contributed by atoms with E-state index in [2.05, 4.69) is 18.2 Å². The molecule has 0 unspecified atom stereocenters. The van der Waals surface area contributed by atoms with Crippen molar-refractivity contribution in [1.82, 2.24) is 0 Å². The van der Waals surface area contributed by atoms with Gasteiger partial charge in [0.05, 0.1) is 38.0 Å². The first-order chi connectivity index (χ1) is 23.4. The van der Waals surface area contributed by atoms with E-state index in [1.165, 1.54) is 21.3 Å². The highest BCUT2D eigenvalue weighted by Crippen LogP contribution is 2.47. The number of carbonyl (C=O) groups excluding carboxylic acids is 3. The second-order valence-electron chi connectivity index (χ2n) is 11.4. The Morgan fingerprint density at radius 1 is 0.333 bits per heavy atom. The van der Waals surface area contributed by atoms with Crippen molar-refractivity contribution >= 4 is 17.9 Å². The third kappa shape index (κ3) is 5.13. The number of carbonyl (C=O) groups is 3. The first kappa shape index (κ1) is 30.4. The van der Waals surface area contributed by atoms with Gasteiger partial charge in [0.25, 0.3) is 0 Å². The van der Waals surface area contributed by atoms with Crippen molar-refractivity contribution in [2.24, 2.45) is 0 Å². The topological polar surface area (TPSA) is 78.9 Å². The summed E-state index contributed by atoms with van der Waals surface area (Å²) in [6, 6.07) is 40.8. The molecule has 1 aromatic rings. The predicted molar refractivity (Wildman–Crippen MR) is 187 cm³/mol. The number of methoxy groups -OCH3 is 3. The average molecular weight is 631 g/mol. The predicted octanol–water partition coefficient (Wildman–Crippen LogP) is 9.36. The molecule has 7 rings (SSSR count). The van der Waals surface area contributed by atoms with Crippen molar-refractivity contribution in [1.29, 1.82) is 0 Å². The molecule has 0 aromatic heterocycles. The standard InChI is InChI=1S/C42H30O6/c1-46-40(43)37-22-34(28-13-7-4-10-16-31(28)37)25-19-26(35-23-38(41(44)47-2)32-17-11-5-8-14-29(32)35)21-27(20-25)36-24-39(42(45)48-3)33-18-12-6-9-15-30(33)36/h4-24H,1-3H3. The summed E-state index contributed by atoms with van der Waals surface area (Å²) in [6.45, 7) is 0. The maximum Gasteiger partial charge on any atom is 0.338 e. The van der Waals surface area contributed by atoms with Crippen molar-refractivity contribution < 1.29 is 28.6 Å². The fourth-order valence-corrected chi connectivity index (χ4v) is 6.60. The van der Waals surface area contributed by atoms with Crippen LogP contribution in [0.3, 0.4) is 0 Å². The number of ether oxygens (including phenoxy) is 3. The second-order valence-corrected chi connectivity index (χ2v) is 11.4. The van der Waals surface area contributed by atoms with Gasteiger partial charge in [0.1, 0.15) is 0 Å². The second kappa shape index (κ2) is 12.5. The van der Waals surface area contributed by atoms with Gasteiger partial charge < -0.3 is 14.2 Å². The van der Waals surface area contributed by atoms with Crippen molar-refractivity contribution in [3.05, 3.63) is 144 Å². The van der Waals surface area contributed by atoms with E-state index in [0.29, 0.717) is 16.7 Å². The van der Waals surface area contributed by atoms with E-state index in [0.717, 1.165) is 66.8 Å². The zero-order chi connectivity index (χ0) is 33.4. The summed E-state index contributed by atoms with van der Waals surface area (Å²) in [4.78, 5) is 39.0. The molecule has 0 saturated heterocycles. The fraction of sp³-hybridized carbons (Fsp3) is 0.0714. The van der Waals surface area contributed by atoms with E-state index in [1.54, 1.807) is 0 Å². The molecule has 0 radical (unpaired) electrons. The smallest absolute Gasteiger partial charge is 0.338 e. The number of hydrogen-bond donors (Lipinski definition) is 0. The van der Waals surface area contributed by atoms with Crippen LogP contribution in [0.5, 0.6) is 0 Å². The minimum atomic E-state index is -0.427. The van der Waals surface area contributed by atoms with Gasteiger partial charge in [0.2, 0.25) is 0 Å². The third-order valence-electron chi connectivity index (χ3n) is 8.80. The molecule has 6 aliphatic carbocycles. The highest BCUT2D eigenvalue weighted by Gasteiger charge is 2.27. The first-order valence-electron chi connectivity index (χ1n) is 15.4. The summed E-state index contributed by atoms with van der Waals surface area (Å²) < 4.78 is 15.5. The van der Waals surface area contributed by atoms with Gasteiger partial charge in [0, 0.05) is 0 Å². The molecule has 0 fully saturated rings. The number of esters is 3. The normalized spacial score (nSPS) is 11.1. The lowest BCUT2D eigenvalue weighted by Crippen LogP contribution is -1.99. The van der Waals surface area contributed by atoms with Crippen molar-refractivity contribution in [2.75, 3.05) is 21.3 Å². The van der Waals surface area contributed by atoms with Gasteiger partial charge in [-0.05, 0) is 103 Å². The van der Waals surface area contributed by atoms with Gasteiger partial charge in [-0.3, -0.25) is 0 Å². The molecule has 0 saturated carbocycles. The van der Waals surface area contributed by atoms with E-state index in [1.807, 2.05) is 109 Å². The number of hydrogen-bond acceptors (Lipinski definition) is 6. The Bertz CT molecular complexity index is 2000. The van der Waals surface area contributed by atoms with Crippen LogP contribution in [0.2, 0.25) is 0 Å². The van der Waals surface area contributed by atoms with E-state index in [9.17, 15) is 14.4 Å². The largest absolute Gasteiger partial charge is 0.465 e. The lowest BCUT2D eigenvalue weighted by Gasteiger charge is -2.12. The zero-order valence-corrected chi connectivity index (χ0v) is 26.6. The van der Waals surface area contributed by atoms with Crippen molar-refractivity contribution in [3.8, 4) is 66.8 Å². The lowest BCUT2D eigenvalue weighted by atomic mass is 9.91. The highest BCUT2D eigenvalue weighted by atomic mass is 16.5. The van der Waals surface area contributed by atoms with E-state index >= 15 is 0 Å². The van der Waals surface area contributed by atoms with E-state index < -0.39 is 17.9 Å². The average Bonchev–Trinajstić information content (AvgIpc) is 3.51. The molecular formula is C42H30O6. The molecule has 0 aliphatic heterocycles. The molecule has 0 spiro atoms. The number of fused-ring (bicyclic) bond motifs is 3. The summed E-state index contributed by atoms with van der Waals surface area (Å²) in [7, 11) is 4.13. The van der Waals surface area contributed by atoms with Gasteiger partial charge in [-0.15, -0.1) is 0 Å². The highest BCUT2D eigenvalue weighted by molar-refractivity contribution is 6.08. The van der Waals surface area contributed by atoms with Crippen LogP contribution < -0.4 is 0 Å². The summed E-state index contributed by atoms with van der Waals surface area (Å²) in [5.41, 5.74) is 11.4. The minimum absolute atomic E-state index is 0.427. The fourth-order valence-electron chi connectivity index (χ4n) is 6.60. The van der Waals surface area contributed by atoms with Crippen LogP contribution >= 0.6 is 0 Å². The monoisotopic (exact) mass is 630 g/mol. The van der Waals surface area contributed by atoms with Crippen LogP contribution in [-0.2, 0) is 14.2 Å². The maximum atomic E-state index is 13.0. The molecule has 234 valence electrons. The van der Waals surface area contributed by atoms with E-state index in [-0.39, 0.29) is 0 Å². The molecule has 0 amide bonds. The molecule has 0 heterocycles. The van der Waals surface area contributed by atoms with Crippen molar-refractivity contribution in [2.45, 2.75) is 0 Å². The Morgan fingerprint density at radius 3 is 0.833 bits per heavy atom. The van der Waals surface area contributed by atoms with Crippen molar-refractivity contribution in [3.63, 3.8) is 0 Å². The van der Waals surface area contributed by atoms with Gasteiger partial charge in [-0.25, -0.2) is 14.4 Å². The Kier molecular flexibility index (Phi) is 7.91. The molecule has 48 heavy (non-hydrogen) atoms. The van der Waals surface area contributed by atoms with Crippen LogP contribution in [-0.4, -0.2) is 39.2 Å². The minimum Gasteiger partial charge on any atom is -0.465 e. The molecule has 6 aliphatic rings. The zero-order valence-electron chi connectivity index (χ0n) is 26.6. The molecule has 6 nitrogen and oxygen atoms in total. The Labute approximate surface area is 278 Å². The molecule has 0 atom stereocenters. The Morgan fingerprint density at radius 2 is 0.583 bits per heavy atom.